The SMILES string of the molecule is C[C@]12CC[C@H](OC(=O)N3CC[C@@H](O)C3)C[C@H]1CC[C@@H]1[C@@H]2CC[C@]2(C)[C@@H](C3=CC(=O)OC3)CC[C@]12O. The van der Waals surface area contributed by atoms with E-state index in [1.54, 1.807) is 11.0 Å². The molecule has 6 rings (SSSR count). The minimum Gasteiger partial charge on any atom is -0.458 e. The molecule has 0 aromatic carbocycles. The molecule has 2 N–H and O–H groups in total. The molecule has 0 spiro atoms. The molecule has 2 aliphatic heterocycles. The van der Waals surface area contributed by atoms with Crippen molar-refractivity contribution >= 4 is 12.1 Å². The first-order valence-electron chi connectivity index (χ1n) is 13.9. The van der Waals surface area contributed by atoms with Crippen LogP contribution >= 0.6 is 0 Å². The number of carbonyl (C=O) groups is 2. The van der Waals surface area contributed by atoms with Gasteiger partial charge in [-0.3, -0.25) is 0 Å². The molecule has 0 unspecified atom stereocenters. The highest BCUT2D eigenvalue weighted by Crippen LogP contribution is 2.70. The summed E-state index contributed by atoms with van der Waals surface area (Å²) in [6.07, 6.45) is 10.3. The average molecular weight is 488 g/mol. The quantitative estimate of drug-likeness (QED) is 0.575. The predicted molar refractivity (Wildman–Crippen MR) is 128 cm³/mol. The van der Waals surface area contributed by atoms with Gasteiger partial charge < -0.3 is 24.6 Å². The minimum absolute atomic E-state index is 0.0467. The molecular formula is C28H41NO6. The van der Waals surface area contributed by atoms with Crippen LogP contribution in [0.15, 0.2) is 11.6 Å². The lowest BCUT2D eigenvalue weighted by molar-refractivity contribution is -0.208. The van der Waals surface area contributed by atoms with Crippen molar-refractivity contribution in [1.82, 2.24) is 4.90 Å². The van der Waals surface area contributed by atoms with Crippen LogP contribution in [0.4, 0.5) is 4.79 Å². The van der Waals surface area contributed by atoms with E-state index in [0.29, 0.717) is 38.0 Å². The zero-order chi connectivity index (χ0) is 24.6. The fraction of sp³-hybridized carbons (Fsp3) is 0.857. The topological polar surface area (TPSA) is 96.3 Å². The number of hydrogen-bond acceptors (Lipinski definition) is 6. The van der Waals surface area contributed by atoms with Crippen LogP contribution < -0.4 is 0 Å². The minimum atomic E-state index is -0.694. The van der Waals surface area contributed by atoms with E-state index in [9.17, 15) is 19.8 Å². The third-order valence-corrected chi connectivity index (χ3v) is 11.6. The Labute approximate surface area is 208 Å². The number of cyclic esters (lactones) is 1. The van der Waals surface area contributed by atoms with Crippen molar-refractivity contribution in [3.63, 3.8) is 0 Å². The summed E-state index contributed by atoms with van der Waals surface area (Å²) in [7, 11) is 0. The maximum atomic E-state index is 12.6. The monoisotopic (exact) mass is 487 g/mol. The molecule has 0 bridgehead atoms. The number of likely N-dealkylation sites (tertiary alicyclic amines) is 1. The van der Waals surface area contributed by atoms with Gasteiger partial charge in [-0.05, 0) is 98.9 Å². The summed E-state index contributed by atoms with van der Waals surface area (Å²) in [5, 5.41) is 22.1. The van der Waals surface area contributed by atoms with E-state index in [4.69, 9.17) is 9.47 Å². The Kier molecular flexibility index (Phi) is 5.57. The van der Waals surface area contributed by atoms with Crippen LogP contribution in [-0.4, -0.2) is 64.7 Å². The maximum Gasteiger partial charge on any atom is 0.410 e. The van der Waals surface area contributed by atoms with Crippen molar-refractivity contribution in [1.29, 1.82) is 0 Å². The fourth-order valence-corrected chi connectivity index (χ4v) is 9.60. The van der Waals surface area contributed by atoms with Gasteiger partial charge >= 0.3 is 12.1 Å². The normalized spacial score (nSPS) is 49.1. The largest absolute Gasteiger partial charge is 0.458 e. The van der Waals surface area contributed by atoms with E-state index < -0.39 is 11.7 Å². The van der Waals surface area contributed by atoms with Gasteiger partial charge in [0.1, 0.15) is 12.7 Å². The van der Waals surface area contributed by atoms with Crippen LogP contribution in [0.1, 0.15) is 78.1 Å². The number of ether oxygens (including phenoxy) is 2. The first kappa shape index (κ1) is 23.8. The van der Waals surface area contributed by atoms with Gasteiger partial charge in [0.2, 0.25) is 0 Å². The van der Waals surface area contributed by atoms with E-state index >= 15 is 0 Å². The molecule has 0 aromatic rings. The second-order valence-corrected chi connectivity index (χ2v) is 13.0. The lowest BCUT2D eigenvalue weighted by atomic mass is 9.43. The van der Waals surface area contributed by atoms with Gasteiger partial charge in [0, 0.05) is 24.6 Å². The summed E-state index contributed by atoms with van der Waals surface area (Å²) in [5.41, 5.74) is 0.349. The van der Waals surface area contributed by atoms with Gasteiger partial charge in [0.05, 0.1) is 11.7 Å². The Hall–Kier alpha value is -1.60. The number of hydrogen-bond donors (Lipinski definition) is 2. The summed E-state index contributed by atoms with van der Waals surface area (Å²) >= 11 is 0. The summed E-state index contributed by atoms with van der Waals surface area (Å²) in [4.78, 5) is 26.0. The predicted octanol–water partition coefficient (Wildman–Crippen LogP) is 3.82. The first-order valence-corrected chi connectivity index (χ1v) is 13.9. The number of aliphatic hydroxyl groups is 2. The summed E-state index contributed by atoms with van der Waals surface area (Å²) < 4.78 is 11.2. The van der Waals surface area contributed by atoms with E-state index in [-0.39, 0.29) is 40.8 Å². The fourth-order valence-electron chi connectivity index (χ4n) is 9.60. The van der Waals surface area contributed by atoms with Crippen molar-refractivity contribution in [3.05, 3.63) is 11.6 Å². The molecule has 2 heterocycles. The van der Waals surface area contributed by atoms with Gasteiger partial charge in [-0.1, -0.05) is 13.8 Å². The van der Waals surface area contributed by atoms with Crippen LogP contribution in [0.2, 0.25) is 0 Å². The van der Waals surface area contributed by atoms with Gasteiger partial charge in [-0.2, -0.15) is 0 Å². The second-order valence-electron chi connectivity index (χ2n) is 13.0. The van der Waals surface area contributed by atoms with Gasteiger partial charge in [-0.15, -0.1) is 0 Å². The lowest BCUT2D eigenvalue weighted by Gasteiger charge is -2.63. The third kappa shape index (κ3) is 3.51. The number of rotatable bonds is 2. The van der Waals surface area contributed by atoms with Crippen molar-refractivity contribution in [2.24, 2.45) is 34.5 Å². The molecule has 7 nitrogen and oxygen atoms in total. The molecule has 4 saturated carbocycles. The number of esters is 1. The Balaban J connectivity index is 1.16. The summed E-state index contributed by atoms with van der Waals surface area (Å²) in [5.74, 6) is 1.27. The Morgan fingerprint density at radius 1 is 1.09 bits per heavy atom. The Bertz CT molecular complexity index is 934. The van der Waals surface area contributed by atoms with E-state index in [1.165, 1.54) is 0 Å². The van der Waals surface area contributed by atoms with E-state index in [0.717, 1.165) is 63.4 Å². The molecule has 5 fully saturated rings. The molecule has 35 heavy (non-hydrogen) atoms. The van der Waals surface area contributed by atoms with Crippen molar-refractivity contribution in [2.75, 3.05) is 19.7 Å². The summed E-state index contributed by atoms with van der Waals surface area (Å²) in [6, 6.07) is 0. The van der Waals surface area contributed by atoms with Crippen molar-refractivity contribution in [2.45, 2.75) is 95.9 Å². The van der Waals surface area contributed by atoms with Crippen LogP contribution in [0.5, 0.6) is 0 Å². The molecule has 4 aliphatic carbocycles. The maximum absolute atomic E-state index is 12.6. The highest BCUT2D eigenvalue weighted by Gasteiger charge is 2.67. The van der Waals surface area contributed by atoms with Crippen molar-refractivity contribution < 1.29 is 29.3 Å². The smallest absolute Gasteiger partial charge is 0.410 e. The second kappa shape index (κ2) is 8.20. The zero-order valence-electron chi connectivity index (χ0n) is 21.2. The van der Waals surface area contributed by atoms with Crippen molar-refractivity contribution in [3.8, 4) is 0 Å². The molecule has 9 atom stereocenters. The van der Waals surface area contributed by atoms with Crippen LogP contribution in [0, 0.1) is 34.5 Å². The standard InChI is InChI=1S/C28H41NO6/c1-26-9-5-20(35-25(32)29-12-8-19(30)15-29)14-18(26)3-4-23-22(26)6-10-27(2)21(7-11-28(23,27)33)17-13-24(31)34-16-17/h13,18-23,30,33H,3-12,14-16H2,1-2H3/t18-,19-,20+,21-,22+,23-,26+,27-,28+/m1/s1. The number of fused-ring (bicyclic) bond motifs is 5. The van der Waals surface area contributed by atoms with Crippen LogP contribution in [-0.2, 0) is 14.3 Å². The number of β-amino-alcohol motifs (C(OH)–C–C–N with tert-alkyl or cyclic N) is 1. The zero-order valence-corrected chi connectivity index (χ0v) is 21.2. The van der Waals surface area contributed by atoms with Crippen LogP contribution in [0.3, 0.4) is 0 Å². The molecule has 7 heteroatoms. The third-order valence-electron chi connectivity index (χ3n) is 11.6. The molecular weight excluding hydrogens is 446 g/mol. The van der Waals surface area contributed by atoms with E-state index in [1.807, 2.05) is 0 Å². The van der Waals surface area contributed by atoms with Gasteiger partial charge in [0.25, 0.3) is 0 Å². The summed E-state index contributed by atoms with van der Waals surface area (Å²) in [6.45, 7) is 6.05. The molecule has 0 aromatic heterocycles. The highest BCUT2D eigenvalue weighted by atomic mass is 16.6. The first-order chi connectivity index (χ1) is 16.6. The molecule has 1 amide bonds. The molecule has 0 radical (unpaired) electrons. The Morgan fingerprint density at radius 2 is 1.91 bits per heavy atom. The lowest BCUT2D eigenvalue weighted by Crippen LogP contribution is -2.62. The molecule has 1 saturated heterocycles. The van der Waals surface area contributed by atoms with E-state index in [2.05, 4.69) is 13.8 Å². The molecule has 6 aliphatic rings. The highest BCUT2D eigenvalue weighted by molar-refractivity contribution is 5.85. The number of amides is 1. The van der Waals surface area contributed by atoms with Gasteiger partial charge in [-0.25, -0.2) is 9.59 Å². The van der Waals surface area contributed by atoms with Gasteiger partial charge in [0.15, 0.2) is 0 Å². The number of carbonyl (C=O) groups excluding carboxylic acids is 2. The number of aliphatic hydroxyl groups excluding tert-OH is 1. The Morgan fingerprint density at radius 3 is 2.63 bits per heavy atom. The average Bonchev–Trinajstić information content (AvgIpc) is 3.51. The molecule has 194 valence electrons. The number of nitrogens with zero attached hydrogens (tertiary/aromatic N) is 1. The van der Waals surface area contributed by atoms with Crippen LogP contribution in [0.25, 0.3) is 0 Å².